The number of anilines is 1. The lowest BCUT2D eigenvalue weighted by Gasteiger charge is -2.33. The predicted octanol–water partition coefficient (Wildman–Crippen LogP) is 4.48. The molecule has 1 aliphatic heterocycles. The first-order chi connectivity index (χ1) is 14.1. The molecule has 1 fully saturated rings. The number of nitrogens with one attached hydrogen (secondary N) is 1. The molecule has 1 aliphatic rings. The zero-order chi connectivity index (χ0) is 20.8. The average Bonchev–Trinajstić information content (AvgIpc) is 2.73. The van der Waals surface area contributed by atoms with Crippen LogP contribution in [-0.2, 0) is 0 Å². The summed E-state index contributed by atoms with van der Waals surface area (Å²) >= 11 is 6.17. The van der Waals surface area contributed by atoms with Crippen molar-refractivity contribution in [3.63, 3.8) is 0 Å². The Morgan fingerprint density at radius 2 is 1.90 bits per heavy atom. The number of ether oxygens (including phenoxy) is 2. The van der Waals surface area contributed by atoms with Crippen LogP contribution in [0.1, 0.15) is 12.8 Å². The molecule has 6 nitrogen and oxygen atoms in total. The van der Waals surface area contributed by atoms with Gasteiger partial charge in [-0.1, -0.05) is 31.4 Å². The van der Waals surface area contributed by atoms with Gasteiger partial charge in [-0.05, 0) is 36.1 Å². The minimum absolute atomic E-state index is 0.204. The standard InChI is InChI=1S/C22H27ClN4O2/c1-5-7-15(6-2)14-27-10-8-16(9-11-27)24-21-17-12-19(28-3)20(29-4)13-18(17)25-22(23)26-21/h5-7,12-13,16H,1-2,8-11,14H2,3-4H3,(H,24,25,26)/b15-7+. The minimum atomic E-state index is 0.204. The van der Waals surface area contributed by atoms with E-state index in [4.69, 9.17) is 21.1 Å². The fraction of sp³-hybridized carbons (Fsp3) is 0.364. The number of likely N-dealkylation sites (tertiary alicyclic amines) is 1. The van der Waals surface area contributed by atoms with Crippen molar-refractivity contribution in [2.24, 2.45) is 0 Å². The van der Waals surface area contributed by atoms with Crippen molar-refractivity contribution in [3.05, 3.63) is 54.4 Å². The quantitative estimate of drug-likeness (QED) is 0.507. The van der Waals surface area contributed by atoms with Crippen LogP contribution in [0.3, 0.4) is 0 Å². The van der Waals surface area contributed by atoms with Crippen molar-refractivity contribution in [2.75, 3.05) is 39.2 Å². The van der Waals surface area contributed by atoms with E-state index in [1.54, 1.807) is 20.3 Å². The van der Waals surface area contributed by atoms with E-state index in [1.807, 2.05) is 24.3 Å². The molecule has 0 saturated carbocycles. The third kappa shape index (κ3) is 5.08. The van der Waals surface area contributed by atoms with E-state index < -0.39 is 0 Å². The number of aromatic nitrogens is 2. The molecular formula is C22H27ClN4O2. The van der Waals surface area contributed by atoms with Crippen LogP contribution in [0.2, 0.25) is 5.28 Å². The summed E-state index contributed by atoms with van der Waals surface area (Å²) < 4.78 is 10.8. The van der Waals surface area contributed by atoms with Crippen molar-refractivity contribution in [2.45, 2.75) is 18.9 Å². The van der Waals surface area contributed by atoms with Gasteiger partial charge in [0, 0.05) is 37.1 Å². The zero-order valence-corrected chi connectivity index (χ0v) is 17.7. The number of hydrogen-bond acceptors (Lipinski definition) is 6. The lowest BCUT2D eigenvalue weighted by molar-refractivity contribution is 0.237. The molecule has 1 saturated heterocycles. The summed E-state index contributed by atoms with van der Waals surface area (Å²) in [5, 5.41) is 4.62. The third-order valence-corrected chi connectivity index (χ3v) is 5.27. The number of rotatable bonds is 8. The van der Waals surface area contributed by atoms with Crippen molar-refractivity contribution in [3.8, 4) is 11.5 Å². The Hall–Kier alpha value is -2.57. The normalized spacial score (nSPS) is 15.9. The summed E-state index contributed by atoms with van der Waals surface area (Å²) in [5.41, 5.74) is 1.90. The topological polar surface area (TPSA) is 59.5 Å². The molecule has 0 unspecified atom stereocenters. The molecular weight excluding hydrogens is 388 g/mol. The predicted molar refractivity (Wildman–Crippen MR) is 119 cm³/mol. The lowest BCUT2D eigenvalue weighted by atomic mass is 10.0. The van der Waals surface area contributed by atoms with Gasteiger partial charge in [0.1, 0.15) is 5.82 Å². The molecule has 3 rings (SSSR count). The van der Waals surface area contributed by atoms with E-state index in [-0.39, 0.29) is 5.28 Å². The van der Waals surface area contributed by atoms with Gasteiger partial charge in [0.2, 0.25) is 5.28 Å². The Balaban J connectivity index is 1.75. The van der Waals surface area contributed by atoms with Gasteiger partial charge in [-0.25, -0.2) is 9.97 Å². The van der Waals surface area contributed by atoms with Gasteiger partial charge in [-0.3, -0.25) is 4.90 Å². The van der Waals surface area contributed by atoms with E-state index in [2.05, 4.69) is 33.3 Å². The third-order valence-electron chi connectivity index (χ3n) is 5.10. The fourth-order valence-electron chi connectivity index (χ4n) is 3.56. The Labute approximate surface area is 176 Å². The zero-order valence-electron chi connectivity index (χ0n) is 16.9. The number of benzene rings is 1. The molecule has 154 valence electrons. The molecule has 0 bridgehead atoms. The second-order valence-corrected chi connectivity index (χ2v) is 7.28. The Bertz CT molecular complexity index is 921. The average molecular weight is 415 g/mol. The van der Waals surface area contributed by atoms with Crippen LogP contribution in [0.25, 0.3) is 10.9 Å². The van der Waals surface area contributed by atoms with Crippen molar-refractivity contribution in [1.82, 2.24) is 14.9 Å². The molecule has 2 heterocycles. The molecule has 1 aromatic heterocycles. The van der Waals surface area contributed by atoms with Gasteiger partial charge in [0.25, 0.3) is 0 Å². The molecule has 0 radical (unpaired) electrons. The van der Waals surface area contributed by atoms with Gasteiger partial charge in [-0.15, -0.1) is 0 Å². The Morgan fingerprint density at radius 3 is 2.52 bits per heavy atom. The maximum Gasteiger partial charge on any atom is 0.224 e. The van der Waals surface area contributed by atoms with Gasteiger partial charge in [0.05, 0.1) is 19.7 Å². The smallest absolute Gasteiger partial charge is 0.224 e. The summed E-state index contributed by atoms with van der Waals surface area (Å²) in [6.07, 6.45) is 7.72. The minimum Gasteiger partial charge on any atom is -0.493 e. The first-order valence-electron chi connectivity index (χ1n) is 9.60. The molecule has 0 amide bonds. The van der Waals surface area contributed by atoms with Gasteiger partial charge in [-0.2, -0.15) is 0 Å². The summed E-state index contributed by atoms with van der Waals surface area (Å²) in [7, 11) is 3.21. The van der Waals surface area contributed by atoms with Gasteiger partial charge >= 0.3 is 0 Å². The van der Waals surface area contributed by atoms with Gasteiger partial charge in [0.15, 0.2) is 11.5 Å². The Morgan fingerprint density at radius 1 is 1.21 bits per heavy atom. The van der Waals surface area contributed by atoms with Crippen molar-refractivity contribution in [1.29, 1.82) is 0 Å². The van der Waals surface area contributed by atoms with Crippen LogP contribution in [0.15, 0.2) is 49.1 Å². The number of fused-ring (bicyclic) bond motifs is 1. The summed E-state index contributed by atoms with van der Waals surface area (Å²) in [5.74, 6) is 1.96. The van der Waals surface area contributed by atoms with E-state index in [0.29, 0.717) is 23.1 Å². The number of allylic oxidation sites excluding steroid dienone is 2. The van der Waals surface area contributed by atoms with Gasteiger partial charge < -0.3 is 14.8 Å². The molecule has 29 heavy (non-hydrogen) atoms. The van der Waals surface area contributed by atoms with Crippen molar-refractivity contribution >= 4 is 28.3 Å². The first kappa shape index (κ1) is 21.1. The summed E-state index contributed by atoms with van der Waals surface area (Å²) in [6.45, 7) is 10.5. The van der Waals surface area contributed by atoms with Crippen LogP contribution >= 0.6 is 11.6 Å². The number of hydrogen-bond donors (Lipinski definition) is 1. The Kier molecular flexibility index (Phi) is 7.12. The van der Waals surface area contributed by atoms with E-state index in [1.165, 1.54) is 5.57 Å². The number of nitrogens with zero attached hydrogens (tertiary/aromatic N) is 3. The van der Waals surface area contributed by atoms with Crippen LogP contribution in [0, 0.1) is 0 Å². The number of methoxy groups -OCH3 is 2. The van der Waals surface area contributed by atoms with E-state index in [0.717, 1.165) is 43.7 Å². The maximum absolute atomic E-state index is 6.17. The lowest BCUT2D eigenvalue weighted by Crippen LogP contribution is -2.40. The second kappa shape index (κ2) is 9.76. The second-order valence-electron chi connectivity index (χ2n) is 6.94. The monoisotopic (exact) mass is 414 g/mol. The van der Waals surface area contributed by atoms with E-state index in [9.17, 15) is 0 Å². The molecule has 0 aliphatic carbocycles. The highest BCUT2D eigenvalue weighted by molar-refractivity contribution is 6.28. The molecule has 2 aromatic rings. The molecule has 1 aromatic carbocycles. The highest BCUT2D eigenvalue weighted by Gasteiger charge is 2.21. The summed E-state index contributed by atoms with van der Waals surface area (Å²) in [4.78, 5) is 11.2. The highest BCUT2D eigenvalue weighted by atomic mass is 35.5. The SMILES string of the molecule is C=C/C=C(\C=C)CN1CCC(Nc2nc(Cl)nc3cc(OC)c(OC)cc23)CC1. The number of piperidine rings is 1. The largest absolute Gasteiger partial charge is 0.493 e. The first-order valence-corrected chi connectivity index (χ1v) is 9.98. The maximum atomic E-state index is 6.17. The number of halogens is 1. The van der Waals surface area contributed by atoms with E-state index >= 15 is 0 Å². The molecule has 1 N–H and O–H groups in total. The van der Waals surface area contributed by atoms with Crippen LogP contribution < -0.4 is 14.8 Å². The summed E-state index contributed by atoms with van der Waals surface area (Å²) in [6, 6.07) is 4.01. The van der Waals surface area contributed by atoms with Crippen LogP contribution in [0.5, 0.6) is 11.5 Å². The fourth-order valence-corrected chi connectivity index (χ4v) is 3.74. The van der Waals surface area contributed by atoms with Crippen LogP contribution in [0.4, 0.5) is 5.82 Å². The highest BCUT2D eigenvalue weighted by Crippen LogP contribution is 2.35. The van der Waals surface area contributed by atoms with Crippen molar-refractivity contribution < 1.29 is 9.47 Å². The molecule has 0 atom stereocenters. The van der Waals surface area contributed by atoms with Crippen LogP contribution in [-0.4, -0.2) is 54.8 Å². The molecule has 0 spiro atoms. The molecule has 7 heteroatoms.